The third-order valence-corrected chi connectivity index (χ3v) is 5.33. The van der Waals surface area contributed by atoms with Crippen molar-refractivity contribution >= 4 is 17.7 Å². The molecule has 0 bridgehead atoms. The fourth-order valence-electron chi connectivity index (χ4n) is 3.22. The molecule has 1 aromatic carbocycles. The second-order valence-electron chi connectivity index (χ2n) is 6.53. The summed E-state index contributed by atoms with van der Waals surface area (Å²) in [5, 5.41) is 12.4. The first-order valence-corrected chi connectivity index (χ1v) is 9.91. The van der Waals surface area contributed by atoms with Crippen LogP contribution in [0.25, 0.3) is 11.4 Å². The molecule has 140 valence electrons. The largest absolute Gasteiger partial charge is 0.338 e. The van der Waals surface area contributed by atoms with Gasteiger partial charge in [0.15, 0.2) is 17.5 Å². The molecule has 4 rings (SSSR count). The number of carbonyl (C=O) groups excluding carboxylic acids is 1. The van der Waals surface area contributed by atoms with Gasteiger partial charge >= 0.3 is 0 Å². The molecule has 1 aliphatic rings. The molecule has 2 aromatic heterocycles. The van der Waals surface area contributed by atoms with Crippen LogP contribution in [0.15, 0.2) is 34.9 Å². The summed E-state index contributed by atoms with van der Waals surface area (Å²) in [6.07, 6.45) is 0. The highest BCUT2D eigenvalue weighted by molar-refractivity contribution is 7.99. The van der Waals surface area contributed by atoms with Gasteiger partial charge in [0.25, 0.3) is 0 Å². The van der Waals surface area contributed by atoms with Crippen molar-refractivity contribution in [3.63, 3.8) is 0 Å². The van der Waals surface area contributed by atoms with Gasteiger partial charge in [-0.3, -0.25) is 4.79 Å². The van der Waals surface area contributed by atoms with Gasteiger partial charge in [-0.2, -0.15) is 4.98 Å². The molecule has 3 aromatic rings. The zero-order valence-electron chi connectivity index (χ0n) is 15.2. The Hall–Kier alpha value is -2.68. The Morgan fingerprint density at radius 2 is 2.11 bits per heavy atom. The van der Waals surface area contributed by atoms with E-state index >= 15 is 0 Å². The van der Waals surface area contributed by atoms with Gasteiger partial charge in [-0.15, -0.1) is 22.0 Å². The van der Waals surface area contributed by atoms with Gasteiger partial charge in [-0.1, -0.05) is 35.5 Å². The minimum absolute atomic E-state index is 0.0820. The number of carbonyl (C=O) groups is 1. The molecule has 0 saturated heterocycles. The van der Waals surface area contributed by atoms with Gasteiger partial charge in [0, 0.05) is 12.1 Å². The molecular weight excluding hydrogens is 364 g/mol. The van der Waals surface area contributed by atoms with Gasteiger partial charge in [0.2, 0.25) is 11.8 Å². The number of aromatic nitrogens is 5. The summed E-state index contributed by atoms with van der Waals surface area (Å²) in [4.78, 5) is 18.6. The molecule has 9 heteroatoms. The van der Waals surface area contributed by atoms with Crippen molar-refractivity contribution in [2.45, 2.75) is 32.2 Å². The molecule has 1 amide bonds. The molecule has 8 nitrogen and oxygen atoms in total. The molecule has 27 heavy (non-hydrogen) atoms. The average molecular weight is 384 g/mol. The van der Waals surface area contributed by atoms with E-state index in [9.17, 15) is 4.79 Å². The van der Waals surface area contributed by atoms with Crippen LogP contribution in [0.5, 0.6) is 0 Å². The second kappa shape index (κ2) is 7.51. The van der Waals surface area contributed by atoms with Crippen molar-refractivity contribution in [3.05, 3.63) is 47.9 Å². The maximum Gasteiger partial charge on any atom is 0.236 e. The van der Waals surface area contributed by atoms with Gasteiger partial charge in [-0.25, -0.2) is 0 Å². The minimum Gasteiger partial charge on any atom is -0.338 e. The molecule has 1 atom stereocenters. The number of aryl methyl sites for hydroxylation is 1. The molecule has 0 spiro atoms. The Morgan fingerprint density at radius 1 is 1.30 bits per heavy atom. The molecule has 0 saturated carbocycles. The number of hydrogen-bond donors (Lipinski definition) is 0. The predicted octanol–water partition coefficient (Wildman–Crippen LogP) is 2.47. The number of hydrogen-bond acceptors (Lipinski definition) is 7. The monoisotopic (exact) mass is 384 g/mol. The summed E-state index contributed by atoms with van der Waals surface area (Å²) in [5.41, 5.74) is 1.04. The Balaban J connectivity index is 1.41. The lowest BCUT2D eigenvalue weighted by Crippen LogP contribution is -2.41. The lowest BCUT2D eigenvalue weighted by atomic mass is 10.1. The zero-order valence-corrected chi connectivity index (χ0v) is 16.0. The number of thioether (sulfide) groups is 1. The normalized spacial score (nSPS) is 16.4. The van der Waals surface area contributed by atoms with Crippen molar-refractivity contribution in [2.75, 3.05) is 12.3 Å². The lowest BCUT2D eigenvalue weighted by Gasteiger charge is -2.32. The summed E-state index contributed by atoms with van der Waals surface area (Å²) < 4.78 is 7.20. The van der Waals surface area contributed by atoms with E-state index in [1.54, 1.807) is 6.92 Å². The molecule has 0 aliphatic carbocycles. The number of nitrogens with zero attached hydrogens (tertiary/aromatic N) is 6. The molecule has 0 radical (unpaired) electrons. The highest BCUT2D eigenvalue weighted by Gasteiger charge is 2.29. The zero-order chi connectivity index (χ0) is 18.8. The van der Waals surface area contributed by atoms with E-state index < -0.39 is 0 Å². The van der Waals surface area contributed by atoms with Crippen LogP contribution in [-0.2, 0) is 17.1 Å². The Kier molecular flexibility index (Phi) is 4.93. The second-order valence-corrected chi connectivity index (χ2v) is 7.51. The van der Waals surface area contributed by atoms with Crippen LogP contribution in [0.1, 0.15) is 30.5 Å². The molecule has 0 fully saturated rings. The average Bonchev–Trinajstić information content (AvgIpc) is 3.29. The van der Waals surface area contributed by atoms with E-state index in [4.69, 9.17) is 4.52 Å². The Bertz CT molecular complexity index is 938. The lowest BCUT2D eigenvalue weighted by molar-refractivity contribution is -0.130. The summed E-state index contributed by atoms with van der Waals surface area (Å²) in [5.74, 6) is 3.81. The van der Waals surface area contributed by atoms with Crippen LogP contribution in [0.2, 0.25) is 0 Å². The minimum atomic E-state index is 0.0820. The quantitative estimate of drug-likeness (QED) is 0.667. The van der Waals surface area contributed by atoms with Crippen LogP contribution >= 0.6 is 11.8 Å². The smallest absolute Gasteiger partial charge is 0.236 e. The SMILES string of the molecule is Cc1noc(CSCC(=O)N2Cc3nnc(-c4ccccc4)n3[C@@H](C)C2)n1. The third-order valence-electron chi connectivity index (χ3n) is 4.43. The van der Waals surface area contributed by atoms with E-state index in [1.165, 1.54) is 11.8 Å². The van der Waals surface area contributed by atoms with E-state index in [-0.39, 0.29) is 11.9 Å². The van der Waals surface area contributed by atoms with Crippen molar-refractivity contribution in [3.8, 4) is 11.4 Å². The van der Waals surface area contributed by atoms with E-state index in [0.29, 0.717) is 36.3 Å². The summed E-state index contributed by atoms with van der Waals surface area (Å²) in [7, 11) is 0. The van der Waals surface area contributed by atoms with Gasteiger partial charge in [0.1, 0.15) is 0 Å². The molecule has 0 N–H and O–H groups in total. The predicted molar refractivity (Wildman–Crippen MR) is 101 cm³/mol. The number of rotatable bonds is 5. The fourth-order valence-corrected chi connectivity index (χ4v) is 3.97. The van der Waals surface area contributed by atoms with Crippen molar-refractivity contribution in [2.24, 2.45) is 0 Å². The van der Waals surface area contributed by atoms with Crippen LogP contribution in [0, 0.1) is 6.92 Å². The van der Waals surface area contributed by atoms with E-state index in [1.807, 2.05) is 35.2 Å². The van der Waals surface area contributed by atoms with Crippen LogP contribution < -0.4 is 0 Å². The van der Waals surface area contributed by atoms with Crippen molar-refractivity contribution in [1.82, 2.24) is 29.8 Å². The fraction of sp³-hybridized carbons (Fsp3) is 0.389. The maximum absolute atomic E-state index is 12.6. The van der Waals surface area contributed by atoms with Crippen LogP contribution in [0.4, 0.5) is 0 Å². The van der Waals surface area contributed by atoms with E-state index in [2.05, 4.69) is 31.8 Å². The van der Waals surface area contributed by atoms with E-state index in [0.717, 1.165) is 17.2 Å². The van der Waals surface area contributed by atoms with Gasteiger partial charge in [0.05, 0.1) is 24.1 Å². The first-order chi connectivity index (χ1) is 13.1. The first kappa shape index (κ1) is 17.7. The summed E-state index contributed by atoms with van der Waals surface area (Å²) >= 11 is 1.48. The highest BCUT2D eigenvalue weighted by atomic mass is 32.2. The maximum atomic E-state index is 12.6. The molecule has 3 heterocycles. The molecule has 1 aliphatic heterocycles. The van der Waals surface area contributed by atoms with Crippen LogP contribution in [0.3, 0.4) is 0 Å². The number of benzene rings is 1. The summed E-state index contributed by atoms with van der Waals surface area (Å²) in [6, 6.07) is 10.1. The van der Waals surface area contributed by atoms with Gasteiger partial charge < -0.3 is 14.0 Å². The Labute approximate surface area is 161 Å². The number of fused-ring (bicyclic) bond motifs is 1. The van der Waals surface area contributed by atoms with Crippen LogP contribution in [-0.4, -0.2) is 48.0 Å². The Morgan fingerprint density at radius 3 is 2.85 bits per heavy atom. The summed E-state index contributed by atoms with van der Waals surface area (Å²) in [6.45, 7) is 4.98. The van der Waals surface area contributed by atoms with Gasteiger partial charge in [-0.05, 0) is 13.8 Å². The highest BCUT2D eigenvalue weighted by Crippen LogP contribution is 2.27. The van der Waals surface area contributed by atoms with Crippen molar-refractivity contribution < 1.29 is 9.32 Å². The number of amides is 1. The topological polar surface area (TPSA) is 89.9 Å². The first-order valence-electron chi connectivity index (χ1n) is 8.75. The van der Waals surface area contributed by atoms with Crippen molar-refractivity contribution in [1.29, 1.82) is 0 Å². The molecular formula is C18H20N6O2S. The standard InChI is InChI=1S/C18H20N6O2S/c1-12-8-23(17(25)11-27-10-16-19-13(2)22-26-16)9-15-20-21-18(24(12)15)14-6-4-3-5-7-14/h3-7,12H,8-11H2,1-2H3/t12-/m0/s1. The third kappa shape index (κ3) is 3.73. The molecule has 0 unspecified atom stereocenters.